The lowest BCUT2D eigenvalue weighted by Crippen LogP contribution is -2.30. The summed E-state index contributed by atoms with van der Waals surface area (Å²) in [6.45, 7) is 6.66. The van der Waals surface area contributed by atoms with Gasteiger partial charge in [0.2, 0.25) is 5.69 Å². The van der Waals surface area contributed by atoms with E-state index in [1.165, 1.54) is 5.56 Å². The molecule has 110 valence electrons. The van der Waals surface area contributed by atoms with Crippen molar-refractivity contribution in [1.82, 2.24) is 0 Å². The van der Waals surface area contributed by atoms with Crippen LogP contribution in [0.25, 0.3) is 11.3 Å². The molecule has 0 radical (unpaired) electrons. The van der Waals surface area contributed by atoms with Gasteiger partial charge < -0.3 is 4.74 Å². The molecule has 0 spiro atoms. The van der Waals surface area contributed by atoms with E-state index in [2.05, 4.69) is 41.3 Å². The largest absolute Gasteiger partial charge is 0.457 e. The number of ether oxygens (including phenoxy) is 1. The van der Waals surface area contributed by atoms with Crippen molar-refractivity contribution in [2.24, 2.45) is 12.0 Å². The van der Waals surface area contributed by atoms with Crippen molar-refractivity contribution in [1.29, 1.82) is 0 Å². The number of rotatable bonds is 1. The molecule has 1 aromatic heterocycles. The van der Waals surface area contributed by atoms with Gasteiger partial charge in [-0.1, -0.05) is 18.7 Å². The zero-order valence-electron chi connectivity index (χ0n) is 12.9. The average molecular weight is 291 g/mol. The van der Waals surface area contributed by atoms with Crippen molar-refractivity contribution >= 4 is 6.21 Å². The monoisotopic (exact) mass is 291 g/mol. The van der Waals surface area contributed by atoms with E-state index in [4.69, 9.17) is 4.74 Å². The predicted molar refractivity (Wildman–Crippen MR) is 88.9 cm³/mol. The first-order chi connectivity index (χ1) is 10.7. The zero-order valence-corrected chi connectivity index (χ0v) is 12.9. The average Bonchev–Trinajstić information content (AvgIpc) is 2.58. The highest BCUT2D eigenvalue weighted by atomic mass is 16.5. The molecule has 0 bridgehead atoms. The third-order valence-electron chi connectivity index (χ3n) is 3.73. The second-order valence-corrected chi connectivity index (χ2v) is 5.36. The molecule has 3 heteroatoms. The minimum absolute atomic E-state index is 0.594. The second kappa shape index (κ2) is 5.98. The molecule has 1 aliphatic rings. The van der Waals surface area contributed by atoms with Crippen LogP contribution >= 0.6 is 0 Å². The third kappa shape index (κ3) is 2.70. The molecular weight excluding hydrogens is 272 g/mol. The molecule has 0 atom stereocenters. The summed E-state index contributed by atoms with van der Waals surface area (Å²) in [7, 11) is 2.04. The molecule has 2 aromatic rings. The van der Waals surface area contributed by atoms with Gasteiger partial charge in [0.1, 0.15) is 18.6 Å². The number of hydrogen-bond donors (Lipinski definition) is 0. The summed E-state index contributed by atoms with van der Waals surface area (Å²) < 4.78 is 8.16. The molecule has 2 heterocycles. The second-order valence-electron chi connectivity index (χ2n) is 5.36. The van der Waals surface area contributed by atoms with Gasteiger partial charge in [0.25, 0.3) is 0 Å². The van der Waals surface area contributed by atoms with Crippen molar-refractivity contribution in [3.63, 3.8) is 0 Å². The SMILES string of the molecule is C=C1/C=C\C=NCc2ccc(C)c(-c3cccc[n+]3C)c2O1. The molecule has 22 heavy (non-hydrogen) atoms. The minimum Gasteiger partial charge on any atom is -0.457 e. The molecule has 0 N–H and O–H groups in total. The predicted octanol–water partition coefficient (Wildman–Crippen LogP) is 3.52. The first-order valence-corrected chi connectivity index (χ1v) is 7.27. The fourth-order valence-electron chi connectivity index (χ4n) is 2.59. The maximum atomic E-state index is 6.06. The highest BCUT2D eigenvalue weighted by molar-refractivity contribution is 5.74. The van der Waals surface area contributed by atoms with Gasteiger partial charge in [-0.15, -0.1) is 0 Å². The molecule has 3 rings (SSSR count). The molecule has 1 aliphatic heterocycles. The number of benzene rings is 1. The highest BCUT2D eigenvalue weighted by Crippen LogP contribution is 2.36. The lowest BCUT2D eigenvalue weighted by atomic mass is 9.99. The number of nitrogens with zero attached hydrogens (tertiary/aromatic N) is 2. The van der Waals surface area contributed by atoms with Crippen LogP contribution in [0, 0.1) is 6.92 Å². The third-order valence-corrected chi connectivity index (χ3v) is 3.73. The molecular formula is C19H19N2O+. The van der Waals surface area contributed by atoms with Crippen LogP contribution in [-0.2, 0) is 13.6 Å². The van der Waals surface area contributed by atoms with Gasteiger partial charge in [-0.2, -0.15) is 0 Å². The summed E-state index contributed by atoms with van der Waals surface area (Å²) in [6, 6.07) is 10.3. The normalized spacial score (nSPS) is 15.3. The molecule has 0 amide bonds. The first-order valence-electron chi connectivity index (χ1n) is 7.27. The topological polar surface area (TPSA) is 25.5 Å². The Morgan fingerprint density at radius 2 is 2.09 bits per heavy atom. The maximum absolute atomic E-state index is 6.06. The molecule has 0 unspecified atom stereocenters. The van der Waals surface area contributed by atoms with Crippen LogP contribution in [-0.4, -0.2) is 6.21 Å². The van der Waals surface area contributed by atoms with E-state index in [1.54, 1.807) is 6.21 Å². The molecule has 3 nitrogen and oxygen atoms in total. The van der Waals surface area contributed by atoms with Crippen LogP contribution in [0.5, 0.6) is 5.75 Å². The van der Waals surface area contributed by atoms with Crippen LogP contribution < -0.4 is 9.30 Å². The Hall–Kier alpha value is -2.68. The van der Waals surface area contributed by atoms with Crippen molar-refractivity contribution in [2.45, 2.75) is 13.5 Å². The number of aromatic nitrogens is 1. The van der Waals surface area contributed by atoms with Gasteiger partial charge in [0.05, 0.1) is 12.1 Å². The smallest absolute Gasteiger partial charge is 0.216 e. The molecule has 1 aromatic carbocycles. The number of aryl methyl sites for hydroxylation is 2. The number of hydrogen-bond acceptors (Lipinski definition) is 2. The summed E-state index contributed by atoms with van der Waals surface area (Å²) in [6.07, 6.45) is 7.50. The fourth-order valence-corrected chi connectivity index (χ4v) is 2.59. The summed E-state index contributed by atoms with van der Waals surface area (Å²) in [5.41, 5.74) is 4.43. The van der Waals surface area contributed by atoms with Gasteiger partial charge in [-0.3, -0.25) is 4.99 Å². The summed E-state index contributed by atoms with van der Waals surface area (Å²) in [4.78, 5) is 4.41. The lowest BCUT2D eigenvalue weighted by molar-refractivity contribution is -0.660. The Balaban J connectivity index is 2.25. The van der Waals surface area contributed by atoms with Crippen LogP contribution in [0.3, 0.4) is 0 Å². The fraction of sp³-hybridized carbons (Fsp3) is 0.158. The Labute approximate surface area is 130 Å². The van der Waals surface area contributed by atoms with Gasteiger partial charge >= 0.3 is 0 Å². The van der Waals surface area contributed by atoms with Gasteiger partial charge in [-0.25, -0.2) is 4.57 Å². The van der Waals surface area contributed by atoms with Crippen LogP contribution in [0.1, 0.15) is 11.1 Å². The number of aliphatic imine (C=N–C) groups is 1. The molecule has 0 fully saturated rings. The van der Waals surface area contributed by atoms with E-state index in [0.717, 1.165) is 22.6 Å². The Kier molecular flexibility index (Phi) is 3.88. The van der Waals surface area contributed by atoms with Crippen LogP contribution in [0.4, 0.5) is 0 Å². The van der Waals surface area contributed by atoms with E-state index in [1.807, 2.05) is 37.5 Å². The zero-order chi connectivity index (χ0) is 15.5. The summed E-state index contributed by atoms with van der Waals surface area (Å²) >= 11 is 0. The standard InChI is InChI=1S/C19H19N2O/c1-14-9-10-16-13-20-11-6-7-15(2)22-19(16)18(14)17-8-4-5-12-21(17)3/h4-12H,2,13H2,1,3H3/q+1/b7-6-,20-11?. The van der Waals surface area contributed by atoms with E-state index in [0.29, 0.717) is 12.3 Å². The molecule has 0 saturated carbocycles. The van der Waals surface area contributed by atoms with Crippen molar-refractivity contribution in [3.05, 3.63) is 72.1 Å². The molecule has 0 aliphatic carbocycles. The Morgan fingerprint density at radius 1 is 1.23 bits per heavy atom. The lowest BCUT2D eigenvalue weighted by Gasteiger charge is -2.15. The van der Waals surface area contributed by atoms with E-state index in [-0.39, 0.29) is 0 Å². The van der Waals surface area contributed by atoms with E-state index >= 15 is 0 Å². The molecule has 0 saturated heterocycles. The summed E-state index contributed by atoms with van der Waals surface area (Å²) in [5, 5.41) is 0. The number of pyridine rings is 1. The van der Waals surface area contributed by atoms with Crippen molar-refractivity contribution in [2.75, 3.05) is 0 Å². The Bertz CT molecular complexity index is 788. The Morgan fingerprint density at radius 3 is 2.91 bits per heavy atom. The minimum atomic E-state index is 0.594. The number of fused-ring (bicyclic) bond motifs is 1. The summed E-state index contributed by atoms with van der Waals surface area (Å²) in [5.74, 6) is 1.45. The van der Waals surface area contributed by atoms with Crippen molar-refractivity contribution < 1.29 is 9.30 Å². The van der Waals surface area contributed by atoms with E-state index < -0.39 is 0 Å². The first kappa shape index (κ1) is 14.3. The van der Waals surface area contributed by atoms with Gasteiger partial charge in [0, 0.05) is 23.9 Å². The van der Waals surface area contributed by atoms with Crippen molar-refractivity contribution in [3.8, 4) is 17.0 Å². The quantitative estimate of drug-likeness (QED) is 0.738. The maximum Gasteiger partial charge on any atom is 0.216 e. The number of allylic oxidation sites excluding steroid dienone is 2. The van der Waals surface area contributed by atoms with Crippen LogP contribution in [0.15, 0.2) is 66.0 Å². The highest BCUT2D eigenvalue weighted by Gasteiger charge is 2.21. The van der Waals surface area contributed by atoms with Gasteiger partial charge in [-0.05, 0) is 30.7 Å². The van der Waals surface area contributed by atoms with Crippen LogP contribution in [0.2, 0.25) is 0 Å². The van der Waals surface area contributed by atoms with Gasteiger partial charge in [0.15, 0.2) is 6.20 Å². The van der Waals surface area contributed by atoms with E-state index in [9.17, 15) is 0 Å².